The van der Waals surface area contributed by atoms with E-state index in [2.05, 4.69) is 26.1 Å². The summed E-state index contributed by atoms with van der Waals surface area (Å²) in [4.78, 5) is 0. The Balaban J connectivity index is 2.34. The molecule has 0 aliphatic carbocycles. The zero-order valence-electron chi connectivity index (χ0n) is 10.2. The molecule has 0 saturated heterocycles. The van der Waals surface area contributed by atoms with Crippen molar-refractivity contribution >= 4 is 27.3 Å². The minimum Gasteiger partial charge on any atom is -0.330 e. The molecule has 1 heterocycles. The van der Waals surface area contributed by atoms with E-state index < -0.39 is 11.7 Å². The van der Waals surface area contributed by atoms with Crippen molar-refractivity contribution in [3.8, 4) is 10.6 Å². The number of nitrogens with zero attached hydrogens (tertiary/aromatic N) is 2. The van der Waals surface area contributed by atoms with Gasteiger partial charge in [0.1, 0.15) is 10.0 Å². The molecule has 2 N–H and O–H groups in total. The third kappa shape index (κ3) is 3.56. The fourth-order valence-electron chi connectivity index (χ4n) is 1.58. The summed E-state index contributed by atoms with van der Waals surface area (Å²) in [6.07, 6.45) is -2.91. The molecular weight excluding hydrogens is 355 g/mol. The molecule has 1 aromatic carbocycles. The minimum absolute atomic E-state index is 0.399. The molecule has 8 heteroatoms. The second kappa shape index (κ2) is 6.19. The number of halogens is 4. The van der Waals surface area contributed by atoms with Gasteiger partial charge in [-0.25, -0.2) is 0 Å². The van der Waals surface area contributed by atoms with Crippen LogP contribution in [0.4, 0.5) is 13.2 Å². The van der Waals surface area contributed by atoms with Gasteiger partial charge in [0.15, 0.2) is 0 Å². The molecule has 0 amide bonds. The van der Waals surface area contributed by atoms with E-state index in [9.17, 15) is 13.2 Å². The minimum atomic E-state index is -4.37. The molecule has 0 saturated carbocycles. The molecule has 2 rings (SSSR count). The van der Waals surface area contributed by atoms with Crippen LogP contribution in [0.5, 0.6) is 0 Å². The van der Waals surface area contributed by atoms with Crippen molar-refractivity contribution in [1.29, 1.82) is 0 Å². The Labute approximate surface area is 126 Å². The average Bonchev–Trinajstić information content (AvgIpc) is 2.84. The molecule has 0 unspecified atom stereocenters. The van der Waals surface area contributed by atoms with Crippen molar-refractivity contribution in [2.45, 2.75) is 19.0 Å². The average molecular weight is 366 g/mol. The maximum atomic E-state index is 12.7. The van der Waals surface area contributed by atoms with Gasteiger partial charge in [-0.05, 0) is 31.2 Å². The first-order chi connectivity index (χ1) is 9.41. The Hall–Kier alpha value is -0.990. The second-order valence-corrected chi connectivity index (χ2v) is 6.00. The van der Waals surface area contributed by atoms with Crippen LogP contribution >= 0.6 is 27.3 Å². The van der Waals surface area contributed by atoms with Crippen molar-refractivity contribution in [2.75, 3.05) is 6.54 Å². The first-order valence-electron chi connectivity index (χ1n) is 5.81. The Kier molecular flexibility index (Phi) is 4.77. The molecule has 0 aliphatic rings. The Bertz CT molecular complexity index is 598. The number of rotatable bonds is 4. The normalized spacial score (nSPS) is 11.8. The zero-order chi connectivity index (χ0) is 14.8. The summed E-state index contributed by atoms with van der Waals surface area (Å²) in [5.74, 6) is 0. The molecule has 1 aromatic heterocycles. The van der Waals surface area contributed by atoms with Gasteiger partial charge in [0.25, 0.3) is 0 Å². The van der Waals surface area contributed by atoms with Gasteiger partial charge < -0.3 is 5.73 Å². The zero-order valence-corrected chi connectivity index (χ0v) is 12.6. The first kappa shape index (κ1) is 15.4. The highest BCUT2D eigenvalue weighted by molar-refractivity contribution is 9.10. The lowest BCUT2D eigenvalue weighted by Gasteiger charge is -2.08. The number of aryl methyl sites for hydroxylation is 1. The van der Waals surface area contributed by atoms with Crippen molar-refractivity contribution in [3.63, 3.8) is 0 Å². The van der Waals surface area contributed by atoms with Gasteiger partial charge in [-0.1, -0.05) is 27.3 Å². The van der Waals surface area contributed by atoms with Crippen LogP contribution in [-0.4, -0.2) is 16.7 Å². The Morgan fingerprint density at radius 3 is 2.65 bits per heavy atom. The van der Waals surface area contributed by atoms with Crippen LogP contribution < -0.4 is 5.73 Å². The number of benzene rings is 1. The maximum absolute atomic E-state index is 12.7. The fourth-order valence-corrected chi connectivity index (χ4v) is 3.06. The summed E-state index contributed by atoms with van der Waals surface area (Å²) in [7, 11) is 0. The lowest BCUT2D eigenvalue weighted by Crippen LogP contribution is -2.04. The van der Waals surface area contributed by atoms with Crippen molar-refractivity contribution < 1.29 is 13.2 Å². The first-order valence-corrected chi connectivity index (χ1v) is 7.42. The molecule has 0 atom stereocenters. The Morgan fingerprint density at radius 1 is 1.25 bits per heavy atom. The molecule has 0 radical (unpaired) electrons. The topological polar surface area (TPSA) is 51.8 Å². The third-order valence-electron chi connectivity index (χ3n) is 2.59. The van der Waals surface area contributed by atoms with E-state index in [0.29, 0.717) is 28.0 Å². The maximum Gasteiger partial charge on any atom is 0.416 e. The third-order valence-corrected chi connectivity index (χ3v) is 4.29. The number of hydrogen-bond donors (Lipinski definition) is 1. The van der Waals surface area contributed by atoms with E-state index in [-0.39, 0.29) is 0 Å². The molecule has 0 fully saturated rings. The predicted molar refractivity (Wildman–Crippen MR) is 75.4 cm³/mol. The van der Waals surface area contributed by atoms with E-state index in [1.165, 1.54) is 17.4 Å². The summed E-state index contributed by atoms with van der Waals surface area (Å²) in [6.45, 7) is 0.544. The molecule has 108 valence electrons. The lowest BCUT2D eigenvalue weighted by atomic mass is 10.1. The number of hydrogen-bond acceptors (Lipinski definition) is 4. The van der Waals surface area contributed by atoms with Gasteiger partial charge in [0, 0.05) is 16.5 Å². The Morgan fingerprint density at radius 2 is 2.00 bits per heavy atom. The standard InChI is InChI=1S/C12H11BrF3N3S/c13-9-4-3-7(12(14,15)16)6-8(9)11-19-18-10(20-11)2-1-5-17/h3-4,6H,1-2,5,17H2. The van der Waals surface area contributed by atoms with E-state index in [0.717, 1.165) is 23.6 Å². The van der Waals surface area contributed by atoms with Gasteiger partial charge in [0.05, 0.1) is 5.56 Å². The smallest absolute Gasteiger partial charge is 0.330 e. The number of nitrogens with two attached hydrogens (primary N) is 1. The van der Waals surface area contributed by atoms with Crippen LogP contribution in [0, 0.1) is 0 Å². The van der Waals surface area contributed by atoms with Crippen molar-refractivity contribution in [3.05, 3.63) is 33.2 Å². The van der Waals surface area contributed by atoms with E-state index in [1.54, 1.807) is 0 Å². The van der Waals surface area contributed by atoms with Gasteiger partial charge >= 0.3 is 6.18 Å². The van der Waals surface area contributed by atoms with Gasteiger partial charge in [-0.2, -0.15) is 13.2 Å². The van der Waals surface area contributed by atoms with E-state index >= 15 is 0 Å². The monoisotopic (exact) mass is 365 g/mol. The molecule has 0 bridgehead atoms. The van der Waals surface area contributed by atoms with Crippen LogP contribution in [-0.2, 0) is 12.6 Å². The molecular formula is C12H11BrF3N3S. The largest absolute Gasteiger partial charge is 0.416 e. The van der Waals surface area contributed by atoms with E-state index in [4.69, 9.17) is 5.73 Å². The van der Waals surface area contributed by atoms with E-state index in [1.807, 2.05) is 0 Å². The lowest BCUT2D eigenvalue weighted by molar-refractivity contribution is -0.137. The fraction of sp³-hybridized carbons (Fsp3) is 0.333. The molecule has 0 spiro atoms. The quantitative estimate of drug-likeness (QED) is 0.894. The summed E-state index contributed by atoms with van der Waals surface area (Å²) in [6, 6.07) is 3.49. The molecule has 20 heavy (non-hydrogen) atoms. The predicted octanol–water partition coefficient (Wildman–Crippen LogP) is 3.88. The van der Waals surface area contributed by atoms with Crippen LogP contribution in [0.3, 0.4) is 0 Å². The molecule has 3 nitrogen and oxygen atoms in total. The summed E-state index contributed by atoms with van der Waals surface area (Å²) in [5.41, 5.74) is 5.11. The summed E-state index contributed by atoms with van der Waals surface area (Å²) in [5, 5.41) is 9.17. The van der Waals surface area contributed by atoms with Crippen LogP contribution in [0.15, 0.2) is 22.7 Å². The summed E-state index contributed by atoms with van der Waals surface area (Å²) >= 11 is 4.53. The second-order valence-electron chi connectivity index (χ2n) is 4.09. The SMILES string of the molecule is NCCCc1nnc(-c2cc(C(F)(F)F)ccc2Br)s1. The van der Waals surface area contributed by atoms with Crippen LogP contribution in [0.1, 0.15) is 17.0 Å². The molecule has 2 aromatic rings. The number of aromatic nitrogens is 2. The molecule has 0 aliphatic heterocycles. The highest BCUT2D eigenvalue weighted by Gasteiger charge is 2.31. The summed E-state index contributed by atoms with van der Waals surface area (Å²) < 4.78 is 38.7. The highest BCUT2D eigenvalue weighted by Crippen LogP contribution is 2.37. The van der Waals surface area contributed by atoms with Crippen molar-refractivity contribution in [2.24, 2.45) is 5.73 Å². The number of alkyl halides is 3. The van der Waals surface area contributed by atoms with Crippen LogP contribution in [0.2, 0.25) is 0 Å². The van der Waals surface area contributed by atoms with Crippen LogP contribution in [0.25, 0.3) is 10.6 Å². The van der Waals surface area contributed by atoms with Gasteiger partial charge in [-0.15, -0.1) is 10.2 Å². The van der Waals surface area contributed by atoms with Crippen molar-refractivity contribution in [1.82, 2.24) is 10.2 Å². The van der Waals surface area contributed by atoms with Gasteiger partial charge in [-0.3, -0.25) is 0 Å². The van der Waals surface area contributed by atoms with Gasteiger partial charge in [0.2, 0.25) is 0 Å². The highest BCUT2D eigenvalue weighted by atomic mass is 79.9.